The molecule has 9 heteroatoms. The summed E-state index contributed by atoms with van der Waals surface area (Å²) < 4.78 is 0. The number of aromatic amines is 1. The second-order valence-electron chi connectivity index (χ2n) is 2.95. The van der Waals surface area contributed by atoms with Gasteiger partial charge in [0.05, 0.1) is 11.5 Å². The smallest absolute Gasteiger partial charge is 0.333 e. The number of aliphatic hydroxyl groups excluding tert-OH is 2. The first-order chi connectivity index (χ1) is 7.56. The Labute approximate surface area is 98.9 Å². The quantitative estimate of drug-likeness (QED) is 0.332. The highest BCUT2D eigenvalue weighted by atomic mass is 79.9. The van der Waals surface area contributed by atoms with E-state index in [9.17, 15) is 10.1 Å². The van der Waals surface area contributed by atoms with Gasteiger partial charge in [-0.1, -0.05) is 15.9 Å². The number of halogens is 1. The summed E-state index contributed by atoms with van der Waals surface area (Å²) in [6.45, 7) is 0.0163. The van der Waals surface area contributed by atoms with Gasteiger partial charge < -0.3 is 15.5 Å². The Morgan fingerprint density at radius 2 is 2.38 bits per heavy atom. The third-order valence-corrected chi connectivity index (χ3v) is 2.10. The van der Waals surface area contributed by atoms with E-state index < -0.39 is 9.94 Å². The van der Waals surface area contributed by atoms with Gasteiger partial charge in [-0.15, -0.1) is 0 Å². The molecule has 0 spiro atoms. The van der Waals surface area contributed by atoms with Gasteiger partial charge in [-0.05, 0) is 0 Å². The molecule has 1 rings (SSSR count). The summed E-state index contributed by atoms with van der Waals surface area (Å²) in [5.41, 5.74) is 0.00163. The number of aromatic nitrogens is 2. The van der Waals surface area contributed by atoms with Crippen LogP contribution in [-0.4, -0.2) is 43.5 Å². The van der Waals surface area contributed by atoms with Gasteiger partial charge in [0.1, 0.15) is 10.7 Å². The van der Waals surface area contributed by atoms with Gasteiger partial charge in [0, 0.05) is 13.0 Å². The fraction of sp³-hybridized carbons (Fsp3) is 0.571. The lowest BCUT2D eigenvalue weighted by molar-refractivity contribution is -0.384. The van der Waals surface area contributed by atoms with E-state index in [1.54, 1.807) is 0 Å². The molecule has 90 valence electrons. The van der Waals surface area contributed by atoms with Crippen molar-refractivity contribution in [1.82, 2.24) is 10.2 Å². The van der Waals surface area contributed by atoms with Crippen molar-refractivity contribution in [1.29, 1.82) is 0 Å². The number of rotatable bonds is 6. The standard InChI is InChI=1S/C7H11BrN4O4/c8-5(14)3-4-6(12(15)16)7(11-10-4)9-1-2-13/h5,13-14H,1-3H2,(H2,9,10,11). The second kappa shape index (κ2) is 5.77. The van der Waals surface area contributed by atoms with E-state index >= 15 is 0 Å². The lowest BCUT2D eigenvalue weighted by atomic mass is 10.3. The number of nitro groups is 1. The SMILES string of the molecule is O=[N+]([O-])c1c(NCCO)n[nH]c1CC(O)Br. The van der Waals surface area contributed by atoms with Gasteiger partial charge in [0.2, 0.25) is 5.82 Å². The maximum atomic E-state index is 10.8. The van der Waals surface area contributed by atoms with Gasteiger partial charge in [-0.2, -0.15) is 5.10 Å². The van der Waals surface area contributed by atoms with Crippen LogP contribution in [0.15, 0.2) is 0 Å². The normalized spacial score (nSPS) is 12.4. The molecule has 0 aliphatic rings. The summed E-state index contributed by atoms with van der Waals surface area (Å²) >= 11 is 2.88. The summed E-state index contributed by atoms with van der Waals surface area (Å²) in [5.74, 6) is 0.0576. The molecule has 0 aromatic carbocycles. The molecule has 4 N–H and O–H groups in total. The number of nitrogens with one attached hydrogen (secondary N) is 2. The van der Waals surface area contributed by atoms with E-state index in [0.717, 1.165) is 0 Å². The second-order valence-corrected chi connectivity index (χ2v) is 4.00. The number of alkyl halides is 1. The first-order valence-electron chi connectivity index (χ1n) is 4.44. The average molecular weight is 295 g/mol. The van der Waals surface area contributed by atoms with Crippen molar-refractivity contribution in [2.45, 2.75) is 11.4 Å². The van der Waals surface area contributed by atoms with Crippen molar-refractivity contribution in [3.63, 3.8) is 0 Å². The molecule has 1 aromatic rings. The molecule has 1 aromatic heterocycles. The number of hydrogen-bond acceptors (Lipinski definition) is 6. The molecule has 0 aliphatic carbocycles. The van der Waals surface area contributed by atoms with Gasteiger partial charge >= 0.3 is 5.69 Å². The third-order valence-electron chi connectivity index (χ3n) is 1.77. The Bertz CT molecular complexity index is 367. The molecule has 0 fully saturated rings. The van der Waals surface area contributed by atoms with Gasteiger partial charge in [0.15, 0.2) is 0 Å². The molecule has 16 heavy (non-hydrogen) atoms. The van der Waals surface area contributed by atoms with Crippen LogP contribution in [0.1, 0.15) is 5.69 Å². The lowest BCUT2D eigenvalue weighted by Gasteiger charge is -2.00. The first kappa shape index (κ1) is 12.9. The molecule has 1 heterocycles. The van der Waals surface area contributed by atoms with Crippen LogP contribution < -0.4 is 5.32 Å². The highest BCUT2D eigenvalue weighted by Gasteiger charge is 2.24. The fourth-order valence-electron chi connectivity index (χ4n) is 1.18. The molecular weight excluding hydrogens is 284 g/mol. The van der Waals surface area contributed by atoms with Crippen molar-refractivity contribution in [2.75, 3.05) is 18.5 Å². The Morgan fingerprint density at radius 1 is 1.69 bits per heavy atom. The lowest BCUT2D eigenvalue weighted by Crippen LogP contribution is -2.08. The summed E-state index contributed by atoms with van der Waals surface area (Å²) in [6, 6.07) is 0. The van der Waals surface area contributed by atoms with Crippen molar-refractivity contribution < 1.29 is 15.1 Å². The van der Waals surface area contributed by atoms with Crippen molar-refractivity contribution in [3.8, 4) is 0 Å². The van der Waals surface area contributed by atoms with E-state index in [-0.39, 0.29) is 36.8 Å². The van der Waals surface area contributed by atoms with Crippen molar-refractivity contribution in [3.05, 3.63) is 15.8 Å². The van der Waals surface area contributed by atoms with Crippen LogP contribution in [0.25, 0.3) is 0 Å². The molecular formula is C7H11BrN4O4. The molecule has 0 saturated carbocycles. The third kappa shape index (κ3) is 3.15. The number of aliphatic hydroxyl groups is 2. The summed E-state index contributed by atoms with van der Waals surface area (Å²) in [7, 11) is 0. The maximum absolute atomic E-state index is 10.8. The van der Waals surface area contributed by atoms with Crippen molar-refractivity contribution >= 4 is 27.4 Å². The van der Waals surface area contributed by atoms with Crippen LogP contribution in [0.5, 0.6) is 0 Å². The Hall–Kier alpha value is -1.19. The zero-order valence-corrected chi connectivity index (χ0v) is 9.77. The molecule has 0 bridgehead atoms. The highest BCUT2D eigenvalue weighted by Crippen LogP contribution is 2.27. The fourth-order valence-corrected chi connectivity index (χ4v) is 1.50. The predicted octanol–water partition coefficient (Wildman–Crippen LogP) is -0.0221. The van der Waals surface area contributed by atoms with Crippen LogP contribution in [0.4, 0.5) is 11.5 Å². The summed E-state index contributed by atoms with van der Waals surface area (Å²) in [4.78, 5) is 10.2. The Balaban J connectivity index is 2.92. The largest absolute Gasteiger partial charge is 0.395 e. The molecule has 1 unspecified atom stereocenters. The molecule has 0 amide bonds. The summed E-state index contributed by atoms with van der Waals surface area (Å²) in [6.07, 6.45) is 0.0458. The van der Waals surface area contributed by atoms with Gasteiger partial charge in [-0.3, -0.25) is 15.2 Å². The van der Waals surface area contributed by atoms with E-state index in [4.69, 9.17) is 10.2 Å². The number of anilines is 1. The molecule has 0 aliphatic heterocycles. The number of nitrogens with zero attached hydrogens (tertiary/aromatic N) is 2. The van der Waals surface area contributed by atoms with Crippen LogP contribution in [-0.2, 0) is 6.42 Å². The van der Waals surface area contributed by atoms with Crippen molar-refractivity contribution in [2.24, 2.45) is 0 Å². The molecule has 8 nitrogen and oxygen atoms in total. The number of hydrogen-bond donors (Lipinski definition) is 4. The van der Waals surface area contributed by atoms with Crippen LogP contribution in [0.3, 0.4) is 0 Å². The zero-order valence-electron chi connectivity index (χ0n) is 8.18. The first-order valence-corrected chi connectivity index (χ1v) is 5.36. The average Bonchev–Trinajstić information content (AvgIpc) is 2.56. The summed E-state index contributed by atoms with van der Waals surface area (Å²) in [5, 5.41) is 36.4. The van der Waals surface area contributed by atoms with Crippen LogP contribution in [0.2, 0.25) is 0 Å². The van der Waals surface area contributed by atoms with Gasteiger partial charge in [-0.25, -0.2) is 0 Å². The minimum atomic E-state index is -0.877. The minimum Gasteiger partial charge on any atom is -0.395 e. The topological polar surface area (TPSA) is 124 Å². The van der Waals surface area contributed by atoms with E-state index in [1.807, 2.05) is 0 Å². The molecule has 0 radical (unpaired) electrons. The Morgan fingerprint density at radius 3 is 2.88 bits per heavy atom. The zero-order chi connectivity index (χ0) is 12.1. The van der Waals surface area contributed by atoms with Gasteiger partial charge in [0.25, 0.3) is 0 Å². The minimum absolute atomic E-state index is 0.0458. The molecule has 0 saturated heterocycles. The van der Waals surface area contributed by atoms with E-state index in [1.165, 1.54) is 0 Å². The maximum Gasteiger partial charge on any atom is 0.333 e. The monoisotopic (exact) mass is 294 g/mol. The van der Waals surface area contributed by atoms with Crippen LogP contribution in [0, 0.1) is 10.1 Å². The highest BCUT2D eigenvalue weighted by molar-refractivity contribution is 9.09. The number of H-pyrrole nitrogens is 1. The van der Waals surface area contributed by atoms with E-state index in [2.05, 4.69) is 31.4 Å². The molecule has 1 atom stereocenters. The van der Waals surface area contributed by atoms with E-state index in [0.29, 0.717) is 0 Å². The predicted molar refractivity (Wildman–Crippen MR) is 59.5 cm³/mol. The Kier molecular flexibility index (Phi) is 4.65. The van der Waals surface area contributed by atoms with Crippen LogP contribution >= 0.6 is 15.9 Å².